The molecule has 1 aromatic heterocycles. The van der Waals surface area contributed by atoms with Gasteiger partial charge in [0.05, 0.1) is 26.0 Å². The molecule has 1 aromatic carbocycles. The molecule has 2 amide bonds. The molecule has 1 saturated heterocycles. The van der Waals surface area contributed by atoms with Crippen LogP contribution in [0, 0.1) is 6.92 Å². The lowest BCUT2D eigenvalue weighted by atomic mass is 10.0. The van der Waals surface area contributed by atoms with Gasteiger partial charge in [-0.05, 0) is 31.9 Å². The molecule has 2 heterocycles. The van der Waals surface area contributed by atoms with Crippen molar-refractivity contribution in [2.45, 2.75) is 39.2 Å². The van der Waals surface area contributed by atoms with Crippen molar-refractivity contribution in [2.24, 2.45) is 0 Å². The van der Waals surface area contributed by atoms with E-state index in [0.29, 0.717) is 23.7 Å². The number of aryl methyl sites for hydroxylation is 2. The zero-order valence-electron chi connectivity index (χ0n) is 15.7. The number of ether oxygens (including phenoxy) is 2. The molecule has 7 nitrogen and oxygen atoms in total. The van der Waals surface area contributed by atoms with Crippen LogP contribution in [0.3, 0.4) is 0 Å². The summed E-state index contributed by atoms with van der Waals surface area (Å²) < 4.78 is 16.0. The van der Waals surface area contributed by atoms with Gasteiger partial charge < -0.3 is 24.2 Å². The number of benzene rings is 1. The van der Waals surface area contributed by atoms with Gasteiger partial charge in [-0.3, -0.25) is 0 Å². The number of anilines is 1. The van der Waals surface area contributed by atoms with Crippen LogP contribution in [-0.2, 0) is 6.42 Å². The molecule has 26 heavy (non-hydrogen) atoms. The maximum absolute atomic E-state index is 12.9. The topological polar surface area (TPSA) is 76.8 Å². The summed E-state index contributed by atoms with van der Waals surface area (Å²) in [6, 6.07) is 5.18. The minimum absolute atomic E-state index is 0.00339. The fourth-order valence-corrected chi connectivity index (χ4v) is 3.52. The zero-order chi connectivity index (χ0) is 18.7. The van der Waals surface area contributed by atoms with E-state index in [9.17, 15) is 4.79 Å². The van der Waals surface area contributed by atoms with E-state index in [4.69, 9.17) is 14.0 Å². The Kier molecular flexibility index (Phi) is 5.35. The molecular weight excluding hydrogens is 334 g/mol. The van der Waals surface area contributed by atoms with Gasteiger partial charge in [0.25, 0.3) is 0 Å². The molecule has 1 aliphatic heterocycles. The number of hydrogen-bond donors (Lipinski definition) is 1. The van der Waals surface area contributed by atoms with Gasteiger partial charge in [0.2, 0.25) is 0 Å². The smallest absolute Gasteiger partial charge is 0.322 e. The second-order valence-corrected chi connectivity index (χ2v) is 6.31. The van der Waals surface area contributed by atoms with Gasteiger partial charge in [-0.25, -0.2) is 4.79 Å². The van der Waals surface area contributed by atoms with E-state index in [1.54, 1.807) is 32.4 Å². The van der Waals surface area contributed by atoms with Crippen molar-refractivity contribution in [1.29, 1.82) is 0 Å². The monoisotopic (exact) mass is 359 g/mol. The molecule has 3 rings (SSSR count). The van der Waals surface area contributed by atoms with Crippen molar-refractivity contribution in [3.05, 3.63) is 35.2 Å². The fraction of sp³-hybridized carbons (Fsp3) is 0.474. The Morgan fingerprint density at radius 3 is 2.81 bits per heavy atom. The predicted octanol–water partition coefficient (Wildman–Crippen LogP) is 3.93. The van der Waals surface area contributed by atoms with Gasteiger partial charge in [-0.1, -0.05) is 12.1 Å². The molecule has 0 spiro atoms. The first-order chi connectivity index (χ1) is 12.6. The van der Waals surface area contributed by atoms with Gasteiger partial charge in [-0.2, -0.15) is 0 Å². The molecule has 0 unspecified atom stereocenters. The Hall–Kier alpha value is -2.70. The number of methoxy groups -OCH3 is 2. The zero-order valence-corrected chi connectivity index (χ0v) is 15.7. The maximum atomic E-state index is 12.9. The van der Waals surface area contributed by atoms with Gasteiger partial charge >= 0.3 is 6.03 Å². The Morgan fingerprint density at radius 1 is 1.35 bits per heavy atom. The first-order valence-electron chi connectivity index (χ1n) is 8.83. The summed E-state index contributed by atoms with van der Waals surface area (Å²) >= 11 is 0. The lowest BCUT2D eigenvalue weighted by Gasteiger charge is -2.25. The highest BCUT2D eigenvalue weighted by molar-refractivity contribution is 5.90. The lowest BCUT2D eigenvalue weighted by molar-refractivity contribution is 0.206. The average molecular weight is 359 g/mol. The first-order valence-corrected chi connectivity index (χ1v) is 8.83. The number of carbonyl (C=O) groups excluding carboxylic acids is 1. The van der Waals surface area contributed by atoms with Crippen molar-refractivity contribution >= 4 is 11.7 Å². The predicted molar refractivity (Wildman–Crippen MR) is 97.9 cm³/mol. The molecule has 1 atom stereocenters. The molecule has 0 radical (unpaired) electrons. The number of rotatable bonds is 5. The van der Waals surface area contributed by atoms with Crippen LogP contribution in [0.1, 0.15) is 42.8 Å². The maximum Gasteiger partial charge on any atom is 0.322 e. The highest BCUT2D eigenvalue weighted by atomic mass is 16.5. The lowest BCUT2D eigenvalue weighted by Crippen LogP contribution is -2.34. The van der Waals surface area contributed by atoms with Crippen LogP contribution in [0.15, 0.2) is 22.7 Å². The first kappa shape index (κ1) is 18.1. The van der Waals surface area contributed by atoms with Crippen LogP contribution in [-0.4, -0.2) is 36.9 Å². The summed E-state index contributed by atoms with van der Waals surface area (Å²) in [5.41, 5.74) is 2.57. The van der Waals surface area contributed by atoms with Gasteiger partial charge in [0.1, 0.15) is 5.76 Å². The number of nitrogens with zero attached hydrogens (tertiary/aromatic N) is 2. The normalized spacial score (nSPS) is 16.6. The highest BCUT2D eigenvalue weighted by Gasteiger charge is 2.34. The van der Waals surface area contributed by atoms with Crippen LogP contribution in [0.2, 0.25) is 0 Å². The minimum Gasteiger partial charge on any atom is -0.493 e. The van der Waals surface area contributed by atoms with E-state index >= 15 is 0 Å². The Labute approximate surface area is 153 Å². The second-order valence-electron chi connectivity index (χ2n) is 6.31. The largest absolute Gasteiger partial charge is 0.493 e. The van der Waals surface area contributed by atoms with E-state index in [1.165, 1.54) is 0 Å². The van der Waals surface area contributed by atoms with Crippen molar-refractivity contribution in [2.75, 3.05) is 26.1 Å². The molecule has 0 aliphatic carbocycles. The van der Waals surface area contributed by atoms with Crippen LogP contribution < -0.4 is 14.8 Å². The molecule has 7 heteroatoms. The van der Waals surface area contributed by atoms with E-state index < -0.39 is 0 Å². The average Bonchev–Trinajstić information content (AvgIpc) is 3.27. The number of urea groups is 1. The van der Waals surface area contributed by atoms with Crippen molar-refractivity contribution in [3.8, 4) is 11.5 Å². The van der Waals surface area contributed by atoms with E-state index in [2.05, 4.69) is 10.5 Å². The van der Waals surface area contributed by atoms with Gasteiger partial charge in [0, 0.05) is 30.3 Å². The number of likely N-dealkylation sites (tertiary alicyclic amines) is 1. The highest BCUT2D eigenvalue weighted by Crippen LogP contribution is 2.37. The number of amides is 2. The van der Waals surface area contributed by atoms with Crippen molar-refractivity contribution in [3.63, 3.8) is 0 Å². The summed E-state index contributed by atoms with van der Waals surface area (Å²) in [4.78, 5) is 14.7. The summed E-state index contributed by atoms with van der Waals surface area (Å²) in [7, 11) is 3.15. The fourth-order valence-electron chi connectivity index (χ4n) is 3.52. The summed E-state index contributed by atoms with van der Waals surface area (Å²) in [5, 5.41) is 7.05. The molecular formula is C19H25N3O4. The van der Waals surface area contributed by atoms with E-state index in [0.717, 1.165) is 36.3 Å². The Morgan fingerprint density at radius 2 is 2.12 bits per heavy atom. The van der Waals surface area contributed by atoms with Crippen molar-refractivity contribution in [1.82, 2.24) is 10.1 Å². The Bertz CT molecular complexity index is 787. The van der Waals surface area contributed by atoms with Crippen molar-refractivity contribution < 1.29 is 18.8 Å². The quantitative estimate of drug-likeness (QED) is 0.875. The van der Waals surface area contributed by atoms with Crippen LogP contribution in [0.5, 0.6) is 11.5 Å². The SMILES string of the molecule is CCc1onc(C)c1[C@H]1CCCN1C(=O)Nc1ccc(OC)c(OC)c1. The van der Waals surface area contributed by atoms with Crippen LogP contribution >= 0.6 is 0 Å². The Balaban J connectivity index is 1.80. The molecule has 1 aliphatic rings. The summed E-state index contributed by atoms with van der Waals surface area (Å²) in [6.07, 6.45) is 2.63. The van der Waals surface area contributed by atoms with Gasteiger partial charge in [0.15, 0.2) is 11.5 Å². The third-order valence-corrected chi connectivity index (χ3v) is 4.79. The van der Waals surface area contributed by atoms with E-state index in [-0.39, 0.29) is 12.1 Å². The second kappa shape index (κ2) is 7.68. The molecule has 1 fully saturated rings. The summed E-state index contributed by atoms with van der Waals surface area (Å²) in [6.45, 7) is 4.67. The number of aromatic nitrogens is 1. The molecule has 0 bridgehead atoms. The molecule has 1 N–H and O–H groups in total. The van der Waals surface area contributed by atoms with Gasteiger partial charge in [-0.15, -0.1) is 0 Å². The van der Waals surface area contributed by atoms with Crippen LogP contribution in [0.4, 0.5) is 10.5 Å². The van der Waals surface area contributed by atoms with Crippen LogP contribution in [0.25, 0.3) is 0 Å². The molecule has 2 aromatic rings. The number of carbonyl (C=O) groups is 1. The third kappa shape index (κ3) is 3.34. The third-order valence-electron chi connectivity index (χ3n) is 4.79. The minimum atomic E-state index is -0.137. The standard InChI is InChI=1S/C19H25N3O4/c1-5-15-18(12(2)21-26-15)14-7-6-10-22(14)19(23)20-13-8-9-16(24-3)17(11-13)25-4/h8-9,11,14H,5-7,10H2,1-4H3,(H,20,23)/t14-/m1/s1. The molecule has 0 saturated carbocycles. The number of nitrogens with one attached hydrogen (secondary N) is 1. The molecule has 140 valence electrons. The van der Waals surface area contributed by atoms with E-state index in [1.807, 2.05) is 18.7 Å². The number of hydrogen-bond acceptors (Lipinski definition) is 5. The summed E-state index contributed by atoms with van der Waals surface area (Å²) in [5.74, 6) is 2.06.